The fourth-order valence-electron chi connectivity index (χ4n) is 6.04. The first-order valence-electron chi connectivity index (χ1n) is 14.7. The molecule has 240 valence electrons. The number of aromatic nitrogens is 4. The number of carbonyl (C=O) groups excluding carboxylic acids is 1. The van der Waals surface area contributed by atoms with Gasteiger partial charge >= 0.3 is 5.69 Å². The number of fused-ring (bicyclic) bond motifs is 1. The SMILES string of the molecule is COc1nc(-c2cccc(-c3cccc(NC(=O)c4nn(C)c(=O)n(C)c4=O)c3Cl)c2Cl)cc2c1C(N[C@@H]1CCOC[C@H]1O)CC2. The molecule has 1 amide bonds. The number of amides is 1. The molecule has 4 aromatic rings. The third kappa shape index (κ3) is 5.82. The molecule has 1 saturated heterocycles. The van der Waals surface area contributed by atoms with Crippen molar-refractivity contribution in [1.82, 2.24) is 24.6 Å². The molecule has 1 aliphatic carbocycles. The summed E-state index contributed by atoms with van der Waals surface area (Å²) in [4.78, 5) is 42.4. The van der Waals surface area contributed by atoms with Gasteiger partial charge in [-0.1, -0.05) is 53.5 Å². The number of nitrogens with one attached hydrogen (secondary N) is 2. The lowest BCUT2D eigenvalue weighted by atomic mass is 9.99. The third-order valence-electron chi connectivity index (χ3n) is 8.44. The Hall–Kier alpha value is -4.07. The standard InChI is InChI=1S/C32H32Cl2N6O6/c1-39-31(43)28(38-40(2)32(39)44)29(42)36-22-9-5-7-18(27(22)34)17-6-4-8-19(26(17)33)23-14-16-10-11-21(25(16)30(37-23)45-3)35-20-12-13-46-15-24(20)41/h4-9,14,20-21,24,35,41H,10-13,15H2,1-3H3,(H,36,42)/t20-,21?,24-/m1/s1. The van der Waals surface area contributed by atoms with E-state index >= 15 is 0 Å². The van der Waals surface area contributed by atoms with Crippen molar-refractivity contribution in [3.05, 3.63) is 90.2 Å². The van der Waals surface area contributed by atoms with Gasteiger partial charge in [-0.2, -0.15) is 5.10 Å². The van der Waals surface area contributed by atoms with Crippen molar-refractivity contribution in [3.8, 4) is 28.3 Å². The van der Waals surface area contributed by atoms with Crippen LogP contribution in [0.2, 0.25) is 10.0 Å². The Morgan fingerprint density at radius 1 is 1.07 bits per heavy atom. The number of anilines is 1. The number of benzene rings is 2. The zero-order chi connectivity index (χ0) is 32.7. The Morgan fingerprint density at radius 3 is 2.52 bits per heavy atom. The summed E-state index contributed by atoms with van der Waals surface area (Å²) in [6, 6.07) is 12.5. The average molecular weight is 668 g/mol. The smallest absolute Gasteiger partial charge is 0.346 e. The highest BCUT2D eigenvalue weighted by Crippen LogP contribution is 2.44. The topological polar surface area (TPSA) is 150 Å². The molecule has 0 saturated carbocycles. The highest BCUT2D eigenvalue weighted by molar-refractivity contribution is 6.39. The number of methoxy groups -OCH3 is 1. The molecule has 1 fully saturated rings. The van der Waals surface area contributed by atoms with Gasteiger partial charge in [-0.05, 0) is 37.0 Å². The maximum atomic E-state index is 13.0. The van der Waals surface area contributed by atoms with Gasteiger partial charge in [0, 0.05) is 55.0 Å². The Balaban J connectivity index is 1.31. The molecule has 46 heavy (non-hydrogen) atoms. The number of aliphatic hydroxyl groups is 1. The molecule has 3 heterocycles. The van der Waals surface area contributed by atoms with E-state index in [1.807, 2.05) is 24.3 Å². The predicted octanol–water partition coefficient (Wildman–Crippen LogP) is 3.50. The van der Waals surface area contributed by atoms with Gasteiger partial charge in [0.25, 0.3) is 11.5 Å². The second-order valence-corrected chi connectivity index (χ2v) is 12.0. The molecular weight excluding hydrogens is 635 g/mol. The number of nitrogens with zero attached hydrogens (tertiary/aromatic N) is 4. The van der Waals surface area contributed by atoms with E-state index in [1.54, 1.807) is 25.3 Å². The molecule has 1 aliphatic heterocycles. The van der Waals surface area contributed by atoms with Crippen molar-refractivity contribution in [1.29, 1.82) is 0 Å². The fraction of sp³-hybridized carbons (Fsp3) is 0.344. The minimum absolute atomic E-state index is 0.0148. The van der Waals surface area contributed by atoms with Crippen LogP contribution in [0.15, 0.2) is 52.1 Å². The van der Waals surface area contributed by atoms with Gasteiger partial charge in [-0.15, -0.1) is 0 Å². The lowest BCUT2D eigenvalue weighted by Crippen LogP contribution is -2.47. The summed E-state index contributed by atoms with van der Waals surface area (Å²) in [6.45, 7) is 0.912. The van der Waals surface area contributed by atoms with E-state index in [0.29, 0.717) is 46.5 Å². The highest BCUT2D eigenvalue weighted by atomic mass is 35.5. The van der Waals surface area contributed by atoms with Crippen molar-refractivity contribution in [2.75, 3.05) is 25.6 Å². The van der Waals surface area contributed by atoms with E-state index in [0.717, 1.165) is 39.6 Å². The maximum absolute atomic E-state index is 13.0. The number of pyridine rings is 1. The van der Waals surface area contributed by atoms with Crippen molar-refractivity contribution in [3.63, 3.8) is 0 Å². The second kappa shape index (κ2) is 13.0. The highest BCUT2D eigenvalue weighted by Gasteiger charge is 2.33. The van der Waals surface area contributed by atoms with Crippen LogP contribution in [0.3, 0.4) is 0 Å². The molecule has 14 heteroatoms. The summed E-state index contributed by atoms with van der Waals surface area (Å²) in [6.07, 6.45) is 1.79. The molecule has 0 bridgehead atoms. The van der Waals surface area contributed by atoms with Crippen LogP contribution >= 0.6 is 23.2 Å². The van der Waals surface area contributed by atoms with Gasteiger partial charge in [0.2, 0.25) is 11.6 Å². The van der Waals surface area contributed by atoms with Gasteiger partial charge in [0.15, 0.2) is 0 Å². The largest absolute Gasteiger partial charge is 0.481 e. The fourth-order valence-corrected chi connectivity index (χ4v) is 6.64. The first-order valence-corrected chi connectivity index (χ1v) is 15.5. The summed E-state index contributed by atoms with van der Waals surface area (Å²) in [5.41, 5.74) is 2.80. The number of halogens is 2. The monoisotopic (exact) mass is 666 g/mol. The number of aliphatic hydroxyl groups excluding tert-OH is 1. The third-order valence-corrected chi connectivity index (χ3v) is 9.26. The molecule has 2 aliphatic rings. The van der Waals surface area contributed by atoms with Crippen LogP contribution in [-0.2, 0) is 25.3 Å². The summed E-state index contributed by atoms with van der Waals surface area (Å²) in [5.74, 6) is -0.324. The van der Waals surface area contributed by atoms with E-state index in [9.17, 15) is 19.5 Å². The summed E-state index contributed by atoms with van der Waals surface area (Å²) in [5, 5.41) is 21.1. The summed E-state index contributed by atoms with van der Waals surface area (Å²) < 4.78 is 12.9. The van der Waals surface area contributed by atoms with Gasteiger partial charge in [-0.25, -0.2) is 14.5 Å². The van der Waals surface area contributed by atoms with E-state index < -0.39 is 29.0 Å². The van der Waals surface area contributed by atoms with Crippen LogP contribution in [0.4, 0.5) is 5.69 Å². The Kier molecular flexibility index (Phi) is 8.99. The molecule has 3 N–H and O–H groups in total. The van der Waals surface area contributed by atoms with Crippen LogP contribution in [0, 0.1) is 0 Å². The van der Waals surface area contributed by atoms with Crippen molar-refractivity contribution < 1.29 is 19.4 Å². The molecule has 0 radical (unpaired) electrons. The Labute approximate surface area is 273 Å². The van der Waals surface area contributed by atoms with E-state index in [2.05, 4.69) is 15.7 Å². The lowest BCUT2D eigenvalue weighted by Gasteiger charge is -2.31. The number of aryl methyl sites for hydroxylation is 2. The molecule has 2 aromatic heterocycles. The minimum atomic E-state index is -0.829. The van der Waals surface area contributed by atoms with Gasteiger partial charge in [0.05, 0.1) is 41.2 Å². The van der Waals surface area contributed by atoms with Crippen LogP contribution in [-0.4, -0.2) is 62.8 Å². The molecule has 12 nitrogen and oxygen atoms in total. The zero-order valence-electron chi connectivity index (χ0n) is 25.3. The number of ether oxygens (including phenoxy) is 2. The molecule has 2 aromatic carbocycles. The molecule has 0 spiro atoms. The predicted molar refractivity (Wildman–Crippen MR) is 174 cm³/mol. The number of carbonyl (C=O) groups is 1. The molecule has 1 unspecified atom stereocenters. The quantitative estimate of drug-likeness (QED) is 0.269. The average Bonchev–Trinajstić information content (AvgIpc) is 3.46. The minimum Gasteiger partial charge on any atom is -0.481 e. The summed E-state index contributed by atoms with van der Waals surface area (Å²) in [7, 11) is 4.20. The van der Waals surface area contributed by atoms with E-state index in [1.165, 1.54) is 14.1 Å². The van der Waals surface area contributed by atoms with Crippen LogP contribution in [0.1, 0.15) is 40.5 Å². The number of hydrogen-bond acceptors (Lipinski definition) is 9. The number of hydrogen-bond donors (Lipinski definition) is 3. The number of rotatable bonds is 7. The summed E-state index contributed by atoms with van der Waals surface area (Å²) >= 11 is 13.8. The second-order valence-electron chi connectivity index (χ2n) is 11.3. The van der Waals surface area contributed by atoms with Crippen LogP contribution in [0.25, 0.3) is 22.4 Å². The van der Waals surface area contributed by atoms with Crippen LogP contribution < -0.4 is 26.6 Å². The van der Waals surface area contributed by atoms with Crippen molar-refractivity contribution >= 4 is 34.8 Å². The van der Waals surface area contributed by atoms with Gasteiger partial charge in [0.1, 0.15) is 0 Å². The first-order chi connectivity index (χ1) is 22.1. The van der Waals surface area contributed by atoms with Crippen LogP contribution in [0.5, 0.6) is 5.88 Å². The van der Waals surface area contributed by atoms with Gasteiger partial charge < -0.3 is 25.2 Å². The van der Waals surface area contributed by atoms with Crippen molar-refractivity contribution in [2.24, 2.45) is 14.1 Å². The van der Waals surface area contributed by atoms with E-state index in [4.69, 9.17) is 37.7 Å². The van der Waals surface area contributed by atoms with Crippen molar-refractivity contribution in [2.45, 2.75) is 37.5 Å². The Morgan fingerprint density at radius 2 is 1.78 bits per heavy atom. The Bertz CT molecular complexity index is 1960. The maximum Gasteiger partial charge on any atom is 0.346 e. The molecule has 3 atom stereocenters. The normalized spacial score (nSPS) is 19.1. The van der Waals surface area contributed by atoms with Gasteiger partial charge in [-0.3, -0.25) is 14.2 Å². The van der Waals surface area contributed by atoms with E-state index in [-0.39, 0.29) is 22.8 Å². The molecule has 6 rings (SSSR count). The first kappa shape index (κ1) is 31.9. The zero-order valence-corrected chi connectivity index (χ0v) is 26.9. The lowest BCUT2D eigenvalue weighted by molar-refractivity contribution is -0.0304. The molecular formula is C32H32Cl2N6O6.